The van der Waals surface area contributed by atoms with Gasteiger partial charge in [-0.05, 0) is 39.0 Å². The molecule has 0 aromatic heterocycles. The number of aliphatic hydroxyl groups excluding tert-OH is 4. The summed E-state index contributed by atoms with van der Waals surface area (Å²) >= 11 is 1.20. The quantitative estimate of drug-likeness (QED) is 0.357. The van der Waals surface area contributed by atoms with E-state index in [9.17, 15) is 25.2 Å². The van der Waals surface area contributed by atoms with Gasteiger partial charge in [0, 0.05) is 6.54 Å². The SMILES string of the molecule is CCCC[C@@H]1C[C@@H](C(=O)N[C@@H]([C@H]2O[C@H](SC)[C@H](O)[C@@H](O)[C@H]2O)[C@@H](C)O)N(C)C1. The van der Waals surface area contributed by atoms with Gasteiger partial charge in [0.25, 0.3) is 0 Å². The summed E-state index contributed by atoms with van der Waals surface area (Å²) in [5, 5.41) is 43.7. The van der Waals surface area contributed by atoms with E-state index in [4.69, 9.17) is 4.74 Å². The molecule has 0 aliphatic carbocycles. The summed E-state index contributed by atoms with van der Waals surface area (Å²) in [5.74, 6) is 0.254. The minimum Gasteiger partial charge on any atom is -0.391 e. The van der Waals surface area contributed by atoms with Gasteiger partial charge >= 0.3 is 0 Å². The number of hydrogen-bond donors (Lipinski definition) is 5. The fraction of sp³-hybridized carbons (Fsp3) is 0.947. The molecule has 2 rings (SSSR count). The summed E-state index contributed by atoms with van der Waals surface area (Å²) < 4.78 is 5.73. The van der Waals surface area contributed by atoms with Gasteiger partial charge in [-0.3, -0.25) is 9.69 Å². The Morgan fingerprint density at radius 2 is 1.96 bits per heavy atom. The fourth-order valence-electron chi connectivity index (χ4n) is 4.22. The average Bonchev–Trinajstić information content (AvgIpc) is 3.03. The van der Waals surface area contributed by atoms with Crippen LogP contribution < -0.4 is 5.32 Å². The van der Waals surface area contributed by atoms with Gasteiger partial charge in [0.1, 0.15) is 29.9 Å². The smallest absolute Gasteiger partial charge is 0.237 e. The highest BCUT2D eigenvalue weighted by molar-refractivity contribution is 7.99. The first kappa shape index (κ1) is 23.9. The third kappa shape index (κ3) is 5.38. The van der Waals surface area contributed by atoms with Crippen molar-refractivity contribution in [1.29, 1.82) is 0 Å². The molecule has 0 bridgehead atoms. The largest absolute Gasteiger partial charge is 0.391 e. The lowest BCUT2D eigenvalue weighted by Gasteiger charge is -2.44. The zero-order valence-corrected chi connectivity index (χ0v) is 18.0. The Balaban J connectivity index is 2.07. The number of carbonyl (C=O) groups is 1. The highest BCUT2D eigenvalue weighted by Crippen LogP contribution is 2.30. The van der Waals surface area contributed by atoms with Crippen molar-refractivity contribution >= 4 is 17.7 Å². The average molecular weight is 421 g/mol. The van der Waals surface area contributed by atoms with Gasteiger partial charge in [0.15, 0.2) is 0 Å². The lowest BCUT2D eigenvalue weighted by molar-refractivity contribution is -0.211. The number of thioether (sulfide) groups is 1. The molecule has 9 heteroatoms. The number of rotatable bonds is 8. The standard InChI is InChI=1S/C19H36N2O6S/c1-5-6-7-11-8-12(21(3)9-11)18(26)20-13(10(2)22)17-15(24)14(23)16(25)19(27-17)28-4/h10-17,19,22-25H,5-9H2,1-4H3,(H,20,26)/t10-,11-,12+,13-,14+,15-,16-,17-,19-/m1/s1. The number of amides is 1. The Labute approximate surface area is 171 Å². The van der Waals surface area contributed by atoms with E-state index in [0.717, 1.165) is 32.2 Å². The van der Waals surface area contributed by atoms with E-state index in [1.807, 2.05) is 11.9 Å². The van der Waals surface area contributed by atoms with Crippen LogP contribution in [0.2, 0.25) is 0 Å². The normalized spacial score (nSPS) is 38.9. The molecule has 2 aliphatic rings. The van der Waals surface area contributed by atoms with E-state index >= 15 is 0 Å². The van der Waals surface area contributed by atoms with E-state index in [1.54, 1.807) is 6.26 Å². The van der Waals surface area contributed by atoms with Crippen LogP contribution in [0.5, 0.6) is 0 Å². The third-order valence-corrected chi connectivity index (χ3v) is 6.78. The van der Waals surface area contributed by atoms with E-state index in [2.05, 4.69) is 12.2 Å². The van der Waals surface area contributed by atoms with Gasteiger partial charge < -0.3 is 30.5 Å². The molecule has 8 nitrogen and oxygen atoms in total. The molecule has 2 saturated heterocycles. The van der Waals surface area contributed by atoms with Crippen molar-refractivity contribution in [2.45, 2.75) is 87.6 Å². The number of hydrogen-bond acceptors (Lipinski definition) is 8. The van der Waals surface area contributed by atoms with Gasteiger partial charge in [0.05, 0.1) is 18.2 Å². The molecule has 0 unspecified atom stereocenters. The van der Waals surface area contributed by atoms with Crippen LogP contribution >= 0.6 is 11.8 Å². The predicted octanol–water partition coefficient (Wildman–Crippen LogP) is -0.467. The number of unbranched alkanes of at least 4 members (excludes halogenated alkanes) is 1. The van der Waals surface area contributed by atoms with Crippen molar-refractivity contribution in [1.82, 2.24) is 10.2 Å². The first-order chi connectivity index (χ1) is 13.2. The first-order valence-corrected chi connectivity index (χ1v) is 11.4. The van der Waals surface area contributed by atoms with Crippen molar-refractivity contribution in [3.8, 4) is 0 Å². The highest BCUT2D eigenvalue weighted by atomic mass is 32.2. The second-order valence-electron chi connectivity index (χ2n) is 8.15. The zero-order chi connectivity index (χ0) is 21.0. The Kier molecular flexibility index (Phi) is 9.00. The maximum Gasteiger partial charge on any atom is 0.237 e. The van der Waals surface area contributed by atoms with Crippen molar-refractivity contribution in [3.05, 3.63) is 0 Å². The van der Waals surface area contributed by atoms with Crippen LogP contribution in [-0.4, -0.2) is 99.1 Å². The van der Waals surface area contributed by atoms with Gasteiger partial charge in [0.2, 0.25) is 5.91 Å². The van der Waals surface area contributed by atoms with Gasteiger partial charge in [-0.25, -0.2) is 0 Å². The van der Waals surface area contributed by atoms with E-state index in [0.29, 0.717) is 5.92 Å². The Hall–Kier alpha value is -0.420. The summed E-state index contributed by atoms with van der Waals surface area (Å²) in [6.07, 6.45) is -0.268. The second-order valence-corrected chi connectivity index (χ2v) is 9.09. The Bertz CT molecular complexity index is 509. The molecular formula is C19H36N2O6S. The highest BCUT2D eigenvalue weighted by Gasteiger charge is 2.48. The monoisotopic (exact) mass is 420 g/mol. The van der Waals surface area contributed by atoms with Crippen LogP contribution in [0.1, 0.15) is 39.5 Å². The number of nitrogens with zero attached hydrogens (tertiary/aromatic N) is 1. The van der Waals surface area contributed by atoms with E-state index in [-0.39, 0.29) is 11.9 Å². The summed E-state index contributed by atoms with van der Waals surface area (Å²) in [5.41, 5.74) is -0.755. The summed E-state index contributed by atoms with van der Waals surface area (Å²) in [6, 6.07) is -1.20. The third-order valence-electron chi connectivity index (χ3n) is 5.92. The Morgan fingerprint density at radius 1 is 1.29 bits per heavy atom. The van der Waals surface area contributed by atoms with E-state index in [1.165, 1.54) is 18.7 Å². The van der Waals surface area contributed by atoms with Crippen LogP contribution in [0.25, 0.3) is 0 Å². The Morgan fingerprint density at radius 3 is 2.54 bits per heavy atom. The zero-order valence-electron chi connectivity index (χ0n) is 17.2. The van der Waals surface area contributed by atoms with Crippen LogP contribution in [0.3, 0.4) is 0 Å². The van der Waals surface area contributed by atoms with Crippen molar-refractivity contribution in [2.24, 2.45) is 5.92 Å². The number of carbonyl (C=O) groups excluding carboxylic acids is 1. The lowest BCUT2D eigenvalue weighted by Crippen LogP contribution is -2.65. The second kappa shape index (κ2) is 10.6. The fourth-order valence-corrected chi connectivity index (χ4v) is 4.90. The number of aliphatic hydroxyl groups is 4. The van der Waals surface area contributed by atoms with Crippen LogP contribution in [0, 0.1) is 5.92 Å². The summed E-state index contributed by atoms with van der Waals surface area (Å²) in [4.78, 5) is 14.9. The first-order valence-electron chi connectivity index (χ1n) is 10.1. The minimum atomic E-state index is -1.42. The van der Waals surface area contributed by atoms with Crippen molar-refractivity contribution < 1.29 is 30.0 Å². The molecular weight excluding hydrogens is 384 g/mol. The van der Waals surface area contributed by atoms with Gasteiger partial charge in [-0.15, -0.1) is 11.8 Å². The molecule has 0 aromatic carbocycles. The van der Waals surface area contributed by atoms with Crippen molar-refractivity contribution in [3.63, 3.8) is 0 Å². The van der Waals surface area contributed by atoms with Gasteiger partial charge in [-0.1, -0.05) is 19.8 Å². The molecule has 0 spiro atoms. The van der Waals surface area contributed by atoms with Crippen molar-refractivity contribution in [2.75, 3.05) is 19.8 Å². The number of likely N-dealkylation sites (tertiary alicyclic amines) is 1. The maximum absolute atomic E-state index is 12.9. The molecule has 0 saturated carbocycles. The molecule has 9 atom stereocenters. The maximum atomic E-state index is 12.9. The lowest BCUT2D eigenvalue weighted by atomic mass is 9.92. The molecule has 2 fully saturated rings. The van der Waals surface area contributed by atoms with Crippen LogP contribution in [0.15, 0.2) is 0 Å². The predicted molar refractivity (Wildman–Crippen MR) is 108 cm³/mol. The topological polar surface area (TPSA) is 122 Å². The molecule has 0 aromatic rings. The molecule has 2 aliphatic heterocycles. The molecule has 28 heavy (non-hydrogen) atoms. The molecule has 164 valence electrons. The number of ether oxygens (including phenoxy) is 1. The van der Waals surface area contributed by atoms with Crippen LogP contribution in [0.4, 0.5) is 0 Å². The molecule has 1 amide bonds. The molecule has 2 heterocycles. The van der Waals surface area contributed by atoms with E-state index < -0.39 is 42.0 Å². The summed E-state index contributed by atoms with van der Waals surface area (Å²) in [6.45, 7) is 4.52. The van der Waals surface area contributed by atoms with Crippen LogP contribution in [-0.2, 0) is 9.53 Å². The molecule has 5 N–H and O–H groups in total. The number of likely N-dealkylation sites (N-methyl/N-ethyl adjacent to an activating group) is 1. The molecule has 0 radical (unpaired) electrons. The summed E-state index contributed by atoms with van der Waals surface area (Å²) in [7, 11) is 1.92. The van der Waals surface area contributed by atoms with Gasteiger partial charge in [-0.2, -0.15) is 0 Å². The number of nitrogens with one attached hydrogen (secondary N) is 1. The minimum absolute atomic E-state index is 0.218.